The predicted molar refractivity (Wildman–Crippen MR) is 116 cm³/mol. The Hall–Kier alpha value is -2.62. The van der Waals surface area contributed by atoms with Crippen molar-refractivity contribution in [3.63, 3.8) is 0 Å². The lowest BCUT2D eigenvalue weighted by Crippen LogP contribution is -2.49. The molecule has 1 aliphatic heterocycles. The van der Waals surface area contributed by atoms with Crippen molar-refractivity contribution < 1.29 is 9.53 Å². The van der Waals surface area contributed by atoms with Crippen LogP contribution in [0.3, 0.4) is 0 Å². The zero-order valence-electron chi connectivity index (χ0n) is 17.5. The Balaban J connectivity index is 1.52. The first-order valence-corrected chi connectivity index (χ1v) is 10.9. The van der Waals surface area contributed by atoms with E-state index in [-0.39, 0.29) is 5.91 Å². The highest BCUT2D eigenvalue weighted by Crippen LogP contribution is 2.26. The maximum absolute atomic E-state index is 13.1. The minimum absolute atomic E-state index is 0.00994. The van der Waals surface area contributed by atoms with Gasteiger partial charge < -0.3 is 9.64 Å². The van der Waals surface area contributed by atoms with Crippen LogP contribution in [0.15, 0.2) is 29.9 Å². The number of carbonyl (C=O) groups is 1. The first kappa shape index (κ1) is 20.6. The molecule has 3 aromatic rings. The van der Waals surface area contributed by atoms with E-state index < -0.39 is 0 Å². The SMILES string of the molecule is COCCN1CCN(C(=O)c2cnn(-c3ncc(C)c(-c4cccs4)n3)c2C)CC1. The maximum atomic E-state index is 13.1. The van der Waals surface area contributed by atoms with Crippen molar-refractivity contribution in [2.75, 3.05) is 46.4 Å². The van der Waals surface area contributed by atoms with Crippen LogP contribution in [0.2, 0.25) is 0 Å². The molecule has 0 aliphatic carbocycles. The third kappa shape index (κ3) is 4.14. The first-order chi connectivity index (χ1) is 14.6. The third-order valence-electron chi connectivity index (χ3n) is 5.41. The Morgan fingerprint density at radius 2 is 2.00 bits per heavy atom. The van der Waals surface area contributed by atoms with Gasteiger partial charge in [0.15, 0.2) is 0 Å². The summed E-state index contributed by atoms with van der Waals surface area (Å²) in [4.78, 5) is 27.6. The van der Waals surface area contributed by atoms with Gasteiger partial charge in [0.2, 0.25) is 0 Å². The standard InChI is InChI=1S/C21H26N6O2S/c1-15-13-22-21(24-19(15)18-5-4-12-30-18)27-16(2)17(14-23-27)20(28)26-8-6-25(7-9-26)10-11-29-3/h4-5,12-14H,6-11H2,1-3H3. The molecule has 8 nitrogen and oxygen atoms in total. The summed E-state index contributed by atoms with van der Waals surface area (Å²) in [5.41, 5.74) is 3.25. The highest BCUT2D eigenvalue weighted by Gasteiger charge is 2.25. The summed E-state index contributed by atoms with van der Waals surface area (Å²) in [6.45, 7) is 8.62. The fraction of sp³-hybridized carbons (Fsp3) is 0.429. The minimum atomic E-state index is 0.00994. The number of amides is 1. The van der Waals surface area contributed by atoms with Gasteiger partial charge in [-0.05, 0) is 30.9 Å². The van der Waals surface area contributed by atoms with E-state index in [0.717, 1.165) is 41.5 Å². The fourth-order valence-electron chi connectivity index (χ4n) is 3.58. The zero-order valence-corrected chi connectivity index (χ0v) is 18.4. The molecule has 30 heavy (non-hydrogen) atoms. The van der Waals surface area contributed by atoms with Crippen molar-refractivity contribution in [2.24, 2.45) is 0 Å². The number of piperazine rings is 1. The Morgan fingerprint density at radius 3 is 2.70 bits per heavy atom. The average molecular weight is 427 g/mol. The number of hydrogen-bond acceptors (Lipinski definition) is 7. The molecule has 0 unspecified atom stereocenters. The number of carbonyl (C=O) groups excluding carboxylic acids is 1. The summed E-state index contributed by atoms with van der Waals surface area (Å²) < 4.78 is 6.79. The van der Waals surface area contributed by atoms with E-state index in [1.807, 2.05) is 36.3 Å². The summed E-state index contributed by atoms with van der Waals surface area (Å²) >= 11 is 1.64. The molecular weight excluding hydrogens is 400 g/mol. The molecule has 1 fully saturated rings. The van der Waals surface area contributed by atoms with Gasteiger partial charge in [0.25, 0.3) is 11.9 Å². The molecule has 4 rings (SSSR count). The molecule has 0 N–H and O–H groups in total. The topological polar surface area (TPSA) is 76.4 Å². The van der Waals surface area contributed by atoms with Crippen LogP contribution in [-0.2, 0) is 4.74 Å². The summed E-state index contributed by atoms with van der Waals surface area (Å²) in [6.07, 6.45) is 3.43. The fourth-order valence-corrected chi connectivity index (χ4v) is 4.36. The van der Waals surface area contributed by atoms with Crippen molar-refractivity contribution in [2.45, 2.75) is 13.8 Å². The maximum Gasteiger partial charge on any atom is 0.257 e. The molecule has 1 amide bonds. The van der Waals surface area contributed by atoms with Crippen molar-refractivity contribution >= 4 is 17.2 Å². The van der Waals surface area contributed by atoms with Gasteiger partial charge in [0.05, 0.1) is 34.6 Å². The lowest BCUT2D eigenvalue weighted by atomic mass is 10.2. The zero-order chi connectivity index (χ0) is 21.1. The van der Waals surface area contributed by atoms with Gasteiger partial charge >= 0.3 is 0 Å². The van der Waals surface area contributed by atoms with Gasteiger partial charge in [-0.25, -0.2) is 14.6 Å². The van der Waals surface area contributed by atoms with Crippen molar-refractivity contribution in [1.29, 1.82) is 0 Å². The molecule has 0 spiro atoms. The Labute approximate surface area is 180 Å². The Morgan fingerprint density at radius 1 is 1.20 bits per heavy atom. The first-order valence-electron chi connectivity index (χ1n) is 10.0. The van der Waals surface area contributed by atoms with E-state index in [4.69, 9.17) is 9.72 Å². The second kappa shape index (κ2) is 9.03. The van der Waals surface area contributed by atoms with E-state index in [1.165, 1.54) is 0 Å². The average Bonchev–Trinajstić information content (AvgIpc) is 3.43. The molecule has 4 heterocycles. The number of nitrogens with zero attached hydrogens (tertiary/aromatic N) is 6. The molecule has 0 bridgehead atoms. The Bertz CT molecular complexity index is 1010. The number of ether oxygens (including phenoxy) is 1. The lowest BCUT2D eigenvalue weighted by molar-refractivity contribution is 0.0593. The largest absolute Gasteiger partial charge is 0.383 e. The van der Waals surface area contributed by atoms with Crippen LogP contribution in [0.4, 0.5) is 0 Å². The van der Waals surface area contributed by atoms with Crippen molar-refractivity contribution in [3.8, 4) is 16.5 Å². The second-order valence-electron chi connectivity index (χ2n) is 7.36. The predicted octanol–water partition coefficient (Wildman–Crippen LogP) is 2.41. The van der Waals surface area contributed by atoms with E-state index in [9.17, 15) is 4.79 Å². The van der Waals surface area contributed by atoms with Crippen LogP contribution in [0, 0.1) is 13.8 Å². The molecule has 0 aromatic carbocycles. The van der Waals surface area contributed by atoms with Crippen LogP contribution >= 0.6 is 11.3 Å². The molecule has 158 valence electrons. The molecule has 0 atom stereocenters. The van der Waals surface area contributed by atoms with Crippen LogP contribution in [0.25, 0.3) is 16.5 Å². The van der Waals surface area contributed by atoms with E-state index in [2.05, 4.69) is 15.0 Å². The normalized spacial score (nSPS) is 15.0. The van der Waals surface area contributed by atoms with Gasteiger partial charge in [0.1, 0.15) is 0 Å². The molecule has 0 saturated carbocycles. The van der Waals surface area contributed by atoms with Crippen molar-refractivity contribution in [3.05, 3.63) is 46.7 Å². The smallest absolute Gasteiger partial charge is 0.257 e. The van der Waals surface area contributed by atoms with Gasteiger partial charge in [-0.15, -0.1) is 11.3 Å². The van der Waals surface area contributed by atoms with Gasteiger partial charge in [-0.2, -0.15) is 5.10 Å². The summed E-state index contributed by atoms with van der Waals surface area (Å²) in [5, 5.41) is 6.46. The highest BCUT2D eigenvalue weighted by atomic mass is 32.1. The number of aryl methyl sites for hydroxylation is 1. The van der Waals surface area contributed by atoms with E-state index in [1.54, 1.807) is 35.5 Å². The quantitative estimate of drug-likeness (QED) is 0.603. The number of thiophene rings is 1. The number of aromatic nitrogens is 4. The molecule has 1 aliphatic rings. The molecule has 9 heteroatoms. The minimum Gasteiger partial charge on any atom is -0.383 e. The molecule has 1 saturated heterocycles. The monoisotopic (exact) mass is 426 g/mol. The van der Waals surface area contributed by atoms with Gasteiger partial charge in [-0.3, -0.25) is 9.69 Å². The van der Waals surface area contributed by atoms with Crippen LogP contribution in [0.5, 0.6) is 0 Å². The van der Waals surface area contributed by atoms with Crippen molar-refractivity contribution in [1.82, 2.24) is 29.5 Å². The van der Waals surface area contributed by atoms with E-state index >= 15 is 0 Å². The third-order valence-corrected chi connectivity index (χ3v) is 6.29. The van der Waals surface area contributed by atoms with E-state index in [0.29, 0.717) is 31.2 Å². The lowest BCUT2D eigenvalue weighted by Gasteiger charge is -2.34. The number of rotatable bonds is 6. The summed E-state index contributed by atoms with van der Waals surface area (Å²) in [5.74, 6) is 0.487. The van der Waals surface area contributed by atoms with Gasteiger partial charge in [0, 0.05) is 46.0 Å². The summed E-state index contributed by atoms with van der Waals surface area (Å²) in [6, 6.07) is 4.05. The molecule has 3 aromatic heterocycles. The number of hydrogen-bond donors (Lipinski definition) is 0. The number of methoxy groups -OCH3 is 1. The molecule has 0 radical (unpaired) electrons. The van der Waals surface area contributed by atoms with Crippen LogP contribution in [0.1, 0.15) is 21.6 Å². The Kier molecular flexibility index (Phi) is 6.21. The van der Waals surface area contributed by atoms with Crippen LogP contribution in [-0.4, -0.2) is 81.9 Å². The summed E-state index contributed by atoms with van der Waals surface area (Å²) in [7, 11) is 1.71. The molecular formula is C21H26N6O2S. The van der Waals surface area contributed by atoms with Crippen LogP contribution < -0.4 is 0 Å². The second-order valence-corrected chi connectivity index (χ2v) is 8.31. The van der Waals surface area contributed by atoms with Gasteiger partial charge in [-0.1, -0.05) is 6.07 Å². The highest BCUT2D eigenvalue weighted by molar-refractivity contribution is 7.13.